The van der Waals surface area contributed by atoms with Gasteiger partial charge in [0.05, 0.1) is 6.10 Å². The highest BCUT2D eigenvalue weighted by molar-refractivity contribution is 5.74. The Morgan fingerprint density at radius 3 is 2.76 bits per heavy atom. The molecule has 4 nitrogen and oxygen atoms in total. The van der Waals surface area contributed by atoms with Crippen LogP contribution in [0.3, 0.4) is 0 Å². The maximum Gasteiger partial charge on any atom is 0.317 e. The number of β-amino-alcohol motifs (C(OH)–C–C–N with tert-alkyl or cyclic N) is 1. The van der Waals surface area contributed by atoms with Gasteiger partial charge in [0.2, 0.25) is 0 Å². The second-order valence-corrected chi connectivity index (χ2v) is 5.60. The topological polar surface area (TPSA) is 52.6 Å². The Hall–Kier alpha value is -0.770. The molecule has 4 heteroatoms. The van der Waals surface area contributed by atoms with Crippen molar-refractivity contribution < 1.29 is 9.90 Å². The zero-order chi connectivity index (χ0) is 12.3. The van der Waals surface area contributed by atoms with Gasteiger partial charge < -0.3 is 15.3 Å². The van der Waals surface area contributed by atoms with Crippen LogP contribution in [0.4, 0.5) is 4.79 Å². The summed E-state index contributed by atoms with van der Waals surface area (Å²) in [5.41, 5.74) is 0. The molecule has 1 aliphatic heterocycles. The number of amides is 2. The Morgan fingerprint density at radius 1 is 1.41 bits per heavy atom. The number of nitrogens with zero attached hydrogens (tertiary/aromatic N) is 1. The number of likely N-dealkylation sites (tertiary alicyclic amines) is 1. The fraction of sp³-hybridized carbons (Fsp3) is 0.923. The number of nitrogens with one attached hydrogen (secondary N) is 1. The molecule has 17 heavy (non-hydrogen) atoms. The lowest BCUT2D eigenvalue weighted by molar-refractivity contribution is 0.0435. The second-order valence-electron chi connectivity index (χ2n) is 5.60. The largest absolute Gasteiger partial charge is 0.391 e. The van der Waals surface area contributed by atoms with E-state index in [2.05, 4.69) is 5.32 Å². The Morgan fingerprint density at radius 2 is 2.18 bits per heavy atom. The number of carbonyl (C=O) groups excluding carboxylic acids is 1. The summed E-state index contributed by atoms with van der Waals surface area (Å²) in [6, 6.07) is -0.00438. The van der Waals surface area contributed by atoms with Crippen molar-refractivity contribution in [3.05, 3.63) is 0 Å². The number of hydrogen-bond donors (Lipinski definition) is 2. The molecule has 2 amide bonds. The zero-order valence-electron chi connectivity index (χ0n) is 10.7. The van der Waals surface area contributed by atoms with Gasteiger partial charge in [-0.15, -0.1) is 0 Å². The number of urea groups is 1. The first-order chi connectivity index (χ1) is 8.16. The molecule has 98 valence electrons. The van der Waals surface area contributed by atoms with Crippen molar-refractivity contribution in [2.24, 2.45) is 11.8 Å². The van der Waals surface area contributed by atoms with Gasteiger partial charge in [0.25, 0.3) is 0 Å². The SMILES string of the molecule is CC1CCN(C(=O)NCCC2CCC2)CC1O. The molecule has 1 saturated carbocycles. The predicted octanol–water partition coefficient (Wildman–Crippen LogP) is 1.59. The van der Waals surface area contributed by atoms with E-state index in [1.165, 1.54) is 19.3 Å². The van der Waals surface area contributed by atoms with E-state index in [9.17, 15) is 9.90 Å². The van der Waals surface area contributed by atoms with Gasteiger partial charge in [-0.25, -0.2) is 4.79 Å². The molecule has 0 bridgehead atoms. The Balaban J connectivity index is 1.64. The smallest absolute Gasteiger partial charge is 0.317 e. The molecule has 2 aliphatic rings. The van der Waals surface area contributed by atoms with Crippen LogP contribution in [-0.2, 0) is 0 Å². The van der Waals surface area contributed by atoms with E-state index in [1.54, 1.807) is 4.90 Å². The van der Waals surface area contributed by atoms with E-state index in [0.717, 1.165) is 31.8 Å². The Kier molecular flexibility index (Phi) is 4.26. The van der Waals surface area contributed by atoms with Gasteiger partial charge in [-0.1, -0.05) is 26.2 Å². The first kappa shape index (κ1) is 12.7. The van der Waals surface area contributed by atoms with Crippen LogP contribution in [-0.4, -0.2) is 41.8 Å². The predicted molar refractivity (Wildman–Crippen MR) is 66.7 cm³/mol. The fourth-order valence-corrected chi connectivity index (χ4v) is 2.51. The van der Waals surface area contributed by atoms with Crippen molar-refractivity contribution in [3.8, 4) is 0 Å². The summed E-state index contributed by atoms with van der Waals surface area (Å²) in [6.45, 7) is 4.08. The molecular formula is C13H24N2O2. The molecule has 0 aromatic carbocycles. The third-order valence-electron chi connectivity index (χ3n) is 4.26. The van der Waals surface area contributed by atoms with Crippen LogP contribution in [0.25, 0.3) is 0 Å². The molecule has 2 fully saturated rings. The lowest BCUT2D eigenvalue weighted by Crippen LogP contribution is -2.50. The van der Waals surface area contributed by atoms with Crippen molar-refractivity contribution in [3.63, 3.8) is 0 Å². The number of aliphatic hydroxyl groups excluding tert-OH is 1. The molecule has 2 unspecified atom stereocenters. The minimum absolute atomic E-state index is 0.00438. The zero-order valence-corrected chi connectivity index (χ0v) is 10.7. The summed E-state index contributed by atoms with van der Waals surface area (Å²) in [6.07, 6.45) is 5.66. The van der Waals surface area contributed by atoms with Crippen molar-refractivity contribution in [1.82, 2.24) is 10.2 Å². The fourth-order valence-electron chi connectivity index (χ4n) is 2.51. The van der Waals surface area contributed by atoms with Crippen molar-refractivity contribution in [2.45, 2.75) is 45.1 Å². The minimum atomic E-state index is -0.360. The van der Waals surface area contributed by atoms with Crippen LogP contribution in [0.5, 0.6) is 0 Å². The summed E-state index contributed by atoms with van der Waals surface area (Å²) >= 11 is 0. The van der Waals surface area contributed by atoms with E-state index in [1.807, 2.05) is 6.92 Å². The summed E-state index contributed by atoms with van der Waals surface area (Å²) in [7, 11) is 0. The van der Waals surface area contributed by atoms with Gasteiger partial charge in [0.1, 0.15) is 0 Å². The summed E-state index contributed by atoms with van der Waals surface area (Å²) < 4.78 is 0. The molecule has 0 aromatic heterocycles. The van der Waals surface area contributed by atoms with Crippen LogP contribution in [0.2, 0.25) is 0 Å². The molecule has 1 aliphatic carbocycles. The number of hydrogen-bond acceptors (Lipinski definition) is 2. The van der Waals surface area contributed by atoms with Crippen LogP contribution in [0, 0.1) is 11.8 Å². The molecule has 2 rings (SSSR count). The molecule has 0 spiro atoms. The lowest BCUT2D eigenvalue weighted by Gasteiger charge is -2.34. The molecular weight excluding hydrogens is 216 g/mol. The average molecular weight is 240 g/mol. The number of carbonyl (C=O) groups is 1. The van der Waals surface area contributed by atoms with Crippen molar-refractivity contribution in [2.75, 3.05) is 19.6 Å². The Bertz CT molecular complexity index is 266. The first-order valence-corrected chi connectivity index (χ1v) is 6.87. The van der Waals surface area contributed by atoms with Gasteiger partial charge in [0, 0.05) is 19.6 Å². The number of piperidine rings is 1. The average Bonchev–Trinajstić information content (AvgIpc) is 2.25. The highest BCUT2D eigenvalue weighted by atomic mass is 16.3. The van der Waals surface area contributed by atoms with Crippen LogP contribution >= 0.6 is 0 Å². The molecule has 2 atom stereocenters. The monoisotopic (exact) mass is 240 g/mol. The van der Waals surface area contributed by atoms with Gasteiger partial charge >= 0.3 is 6.03 Å². The van der Waals surface area contributed by atoms with E-state index in [4.69, 9.17) is 0 Å². The van der Waals surface area contributed by atoms with E-state index in [-0.39, 0.29) is 12.1 Å². The normalized spacial score (nSPS) is 29.9. The molecule has 1 heterocycles. The summed E-state index contributed by atoms with van der Waals surface area (Å²) in [4.78, 5) is 13.6. The van der Waals surface area contributed by atoms with Crippen LogP contribution < -0.4 is 5.32 Å². The third kappa shape index (κ3) is 3.35. The standard InChI is InChI=1S/C13H24N2O2/c1-10-6-8-15(9-12(10)16)13(17)14-7-5-11-3-2-4-11/h10-12,16H,2-9H2,1H3,(H,14,17). The highest BCUT2D eigenvalue weighted by Crippen LogP contribution is 2.28. The third-order valence-corrected chi connectivity index (χ3v) is 4.26. The molecule has 1 saturated heterocycles. The first-order valence-electron chi connectivity index (χ1n) is 6.87. The van der Waals surface area contributed by atoms with E-state index >= 15 is 0 Å². The van der Waals surface area contributed by atoms with Gasteiger partial charge in [0.15, 0.2) is 0 Å². The van der Waals surface area contributed by atoms with Gasteiger partial charge in [-0.2, -0.15) is 0 Å². The lowest BCUT2D eigenvalue weighted by atomic mass is 9.83. The van der Waals surface area contributed by atoms with Crippen LogP contribution in [0.15, 0.2) is 0 Å². The maximum absolute atomic E-state index is 11.8. The van der Waals surface area contributed by atoms with Gasteiger partial charge in [-0.3, -0.25) is 0 Å². The molecule has 2 N–H and O–H groups in total. The van der Waals surface area contributed by atoms with Crippen molar-refractivity contribution in [1.29, 1.82) is 0 Å². The van der Waals surface area contributed by atoms with E-state index < -0.39 is 0 Å². The van der Waals surface area contributed by atoms with Gasteiger partial charge in [-0.05, 0) is 24.7 Å². The molecule has 0 aromatic rings. The Labute approximate surface area is 103 Å². The molecule has 0 radical (unpaired) electrons. The van der Waals surface area contributed by atoms with E-state index in [0.29, 0.717) is 12.5 Å². The summed E-state index contributed by atoms with van der Waals surface area (Å²) in [5, 5.41) is 12.7. The second kappa shape index (κ2) is 5.71. The van der Waals surface area contributed by atoms with Crippen LogP contribution in [0.1, 0.15) is 39.0 Å². The number of aliphatic hydroxyl groups is 1. The minimum Gasteiger partial charge on any atom is -0.391 e. The maximum atomic E-state index is 11.8. The summed E-state index contributed by atoms with van der Waals surface area (Å²) in [5.74, 6) is 1.15. The van der Waals surface area contributed by atoms with Crippen molar-refractivity contribution >= 4 is 6.03 Å². The quantitative estimate of drug-likeness (QED) is 0.787. The number of rotatable bonds is 3. The highest BCUT2D eigenvalue weighted by Gasteiger charge is 2.27.